The summed E-state index contributed by atoms with van der Waals surface area (Å²) in [6.07, 6.45) is 2.77. The van der Waals surface area contributed by atoms with Crippen LogP contribution in [0.25, 0.3) is 0 Å². The number of nitrogens with two attached hydrogens (primary N) is 1. The Hall–Kier alpha value is -1.10. The third-order valence-electron chi connectivity index (χ3n) is 3.17. The van der Waals surface area contributed by atoms with Crippen molar-refractivity contribution < 1.29 is 9.59 Å². The molecule has 2 fully saturated rings. The first-order valence-electron chi connectivity index (χ1n) is 5.50. The van der Waals surface area contributed by atoms with Crippen LogP contribution in [0.15, 0.2) is 0 Å². The molecule has 5 heteroatoms. The van der Waals surface area contributed by atoms with Crippen LogP contribution in [0.2, 0.25) is 0 Å². The van der Waals surface area contributed by atoms with Gasteiger partial charge >= 0.3 is 0 Å². The second-order valence-corrected chi connectivity index (χ2v) is 4.34. The first-order chi connectivity index (χ1) is 7.11. The predicted molar refractivity (Wildman–Crippen MR) is 54.5 cm³/mol. The minimum absolute atomic E-state index is 0.0304. The number of carbonyl (C=O) groups is 2. The molecule has 5 nitrogen and oxygen atoms in total. The van der Waals surface area contributed by atoms with Crippen molar-refractivity contribution in [2.75, 3.05) is 6.54 Å². The quantitative estimate of drug-likeness (QED) is 0.606. The van der Waals surface area contributed by atoms with Gasteiger partial charge in [0.15, 0.2) is 0 Å². The molecule has 0 aromatic rings. The summed E-state index contributed by atoms with van der Waals surface area (Å²) in [5.74, 6) is -0.0732. The molecule has 2 aliphatic rings. The molecule has 0 spiro atoms. The molecule has 2 saturated heterocycles. The molecule has 0 saturated carbocycles. The summed E-state index contributed by atoms with van der Waals surface area (Å²) < 4.78 is 0. The molecule has 0 aromatic heterocycles. The molecule has 15 heavy (non-hydrogen) atoms. The van der Waals surface area contributed by atoms with Gasteiger partial charge in [0.25, 0.3) is 5.91 Å². The molecule has 0 bridgehead atoms. The minimum Gasteiger partial charge on any atom is -0.320 e. The monoisotopic (exact) mass is 211 g/mol. The Balaban J connectivity index is 2.28. The van der Waals surface area contributed by atoms with Gasteiger partial charge in [-0.05, 0) is 26.2 Å². The SMILES string of the molecule is CC1CCCN2C(=O)CCC(N)C(=O)N12. The van der Waals surface area contributed by atoms with Crippen molar-refractivity contribution in [2.45, 2.75) is 44.7 Å². The summed E-state index contributed by atoms with van der Waals surface area (Å²) in [6.45, 7) is 2.62. The van der Waals surface area contributed by atoms with Crippen molar-refractivity contribution >= 4 is 11.8 Å². The highest BCUT2D eigenvalue weighted by molar-refractivity contribution is 5.88. The second kappa shape index (κ2) is 3.81. The van der Waals surface area contributed by atoms with E-state index in [1.807, 2.05) is 6.92 Å². The molecule has 0 aromatic carbocycles. The molecule has 0 radical (unpaired) electrons. The van der Waals surface area contributed by atoms with Crippen LogP contribution in [0.5, 0.6) is 0 Å². The number of hydrogen-bond donors (Lipinski definition) is 1. The lowest BCUT2D eigenvalue weighted by atomic mass is 10.1. The fourth-order valence-corrected chi connectivity index (χ4v) is 2.29. The zero-order chi connectivity index (χ0) is 11.0. The van der Waals surface area contributed by atoms with Gasteiger partial charge < -0.3 is 5.73 Å². The van der Waals surface area contributed by atoms with E-state index in [4.69, 9.17) is 5.73 Å². The van der Waals surface area contributed by atoms with E-state index in [1.54, 1.807) is 10.0 Å². The molecule has 2 atom stereocenters. The molecule has 2 unspecified atom stereocenters. The lowest BCUT2D eigenvalue weighted by Gasteiger charge is -2.42. The zero-order valence-corrected chi connectivity index (χ0v) is 8.98. The molecule has 0 aliphatic carbocycles. The van der Waals surface area contributed by atoms with Crippen molar-refractivity contribution in [1.29, 1.82) is 0 Å². The molecule has 2 amide bonds. The molecule has 2 heterocycles. The Morgan fingerprint density at radius 2 is 2.07 bits per heavy atom. The number of rotatable bonds is 0. The van der Waals surface area contributed by atoms with Gasteiger partial charge in [0.1, 0.15) is 0 Å². The Bertz CT molecular complexity index is 292. The standard InChI is InChI=1S/C10H17N3O2/c1-7-3-2-6-12-9(14)5-4-8(11)10(15)13(7)12/h7-8H,2-6,11H2,1H3. The lowest BCUT2D eigenvalue weighted by Crippen LogP contribution is -2.58. The Morgan fingerprint density at radius 1 is 1.33 bits per heavy atom. The Labute approximate surface area is 89.2 Å². The number of nitrogens with zero attached hydrogens (tertiary/aromatic N) is 2. The highest BCUT2D eigenvalue weighted by Gasteiger charge is 2.38. The van der Waals surface area contributed by atoms with E-state index >= 15 is 0 Å². The van der Waals surface area contributed by atoms with Crippen LogP contribution < -0.4 is 5.73 Å². The lowest BCUT2D eigenvalue weighted by molar-refractivity contribution is -0.171. The second-order valence-electron chi connectivity index (χ2n) is 4.34. The zero-order valence-electron chi connectivity index (χ0n) is 8.98. The van der Waals surface area contributed by atoms with Crippen LogP contribution in [0, 0.1) is 0 Å². The number of carbonyl (C=O) groups excluding carboxylic acids is 2. The average molecular weight is 211 g/mol. The van der Waals surface area contributed by atoms with Gasteiger partial charge in [0.2, 0.25) is 5.91 Å². The molecular weight excluding hydrogens is 194 g/mol. The third-order valence-corrected chi connectivity index (χ3v) is 3.17. The van der Waals surface area contributed by atoms with Crippen LogP contribution in [0.1, 0.15) is 32.6 Å². The third kappa shape index (κ3) is 1.71. The van der Waals surface area contributed by atoms with Crippen LogP contribution in [-0.4, -0.2) is 40.5 Å². The summed E-state index contributed by atoms with van der Waals surface area (Å²) in [6, 6.07) is -0.418. The average Bonchev–Trinajstić information content (AvgIpc) is 2.32. The normalized spacial score (nSPS) is 32.7. The highest BCUT2D eigenvalue weighted by Crippen LogP contribution is 2.23. The van der Waals surface area contributed by atoms with Gasteiger partial charge in [0.05, 0.1) is 12.1 Å². The van der Waals surface area contributed by atoms with E-state index < -0.39 is 6.04 Å². The van der Waals surface area contributed by atoms with E-state index in [-0.39, 0.29) is 17.9 Å². The maximum Gasteiger partial charge on any atom is 0.258 e. The summed E-state index contributed by atoms with van der Waals surface area (Å²) in [4.78, 5) is 23.7. The smallest absolute Gasteiger partial charge is 0.258 e. The largest absolute Gasteiger partial charge is 0.320 e. The van der Waals surface area contributed by atoms with Crippen LogP contribution in [-0.2, 0) is 9.59 Å². The number of hydrogen-bond acceptors (Lipinski definition) is 3. The van der Waals surface area contributed by atoms with Crippen LogP contribution in [0.4, 0.5) is 0 Å². The fraction of sp³-hybridized carbons (Fsp3) is 0.800. The van der Waals surface area contributed by atoms with Crippen LogP contribution in [0.3, 0.4) is 0 Å². The number of amides is 2. The maximum atomic E-state index is 11.9. The molecule has 2 aliphatic heterocycles. The van der Waals surface area contributed by atoms with Crippen molar-refractivity contribution in [3.8, 4) is 0 Å². The number of fused-ring (bicyclic) bond motifs is 1. The van der Waals surface area contributed by atoms with E-state index in [1.165, 1.54) is 0 Å². The van der Waals surface area contributed by atoms with Gasteiger partial charge in [-0.1, -0.05) is 0 Å². The van der Waals surface area contributed by atoms with Gasteiger partial charge in [-0.3, -0.25) is 14.6 Å². The molecular formula is C10H17N3O2. The van der Waals surface area contributed by atoms with Crippen molar-refractivity contribution in [3.63, 3.8) is 0 Å². The van der Waals surface area contributed by atoms with E-state index in [0.717, 1.165) is 12.8 Å². The van der Waals surface area contributed by atoms with E-state index in [2.05, 4.69) is 0 Å². The van der Waals surface area contributed by atoms with Gasteiger partial charge in [-0.25, -0.2) is 5.01 Å². The van der Waals surface area contributed by atoms with Crippen molar-refractivity contribution in [3.05, 3.63) is 0 Å². The van der Waals surface area contributed by atoms with E-state index in [9.17, 15) is 9.59 Å². The Kier molecular flexibility index (Phi) is 2.65. The first-order valence-corrected chi connectivity index (χ1v) is 5.50. The van der Waals surface area contributed by atoms with Crippen molar-refractivity contribution in [1.82, 2.24) is 10.0 Å². The summed E-state index contributed by atoms with van der Waals surface area (Å²) >= 11 is 0. The molecule has 84 valence electrons. The van der Waals surface area contributed by atoms with Gasteiger partial charge in [-0.15, -0.1) is 0 Å². The molecule has 2 N–H and O–H groups in total. The van der Waals surface area contributed by atoms with Gasteiger partial charge in [-0.2, -0.15) is 0 Å². The minimum atomic E-state index is -0.514. The summed E-state index contributed by atoms with van der Waals surface area (Å²) in [5, 5.41) is 3.16. The van der Waals surface area contributed by atoms with Crippen molar-refractivity contribution in [2.24, 2.45) is 5.73 Å². The summed E-state index contributed by atoms with van der Waals surface area (Å²) in [7, 11) is 0. The first kappa shape index (κ1) is 10.4. The predicted octanol–water partition coefficient (Wildman–Crippen LogP) is -0.138. The number of hydrazine groups is 1. The topological polar surface area (TPSA) is 66.6 Å². The Morgan fingerprint density at radius 3 is 2.80 bits per heavy atom. The van der Waals surface area contributed by atoms with Gasteiger partial charge in [0, 0.05) is 13.0 Å². The summed E-state index contributed by atoms with van der Waals surface area (Å²) in [5.41, 5.74) is 5.74. The highest BCUT2D eigenvalue weighted by atomic mass is 16.2. The van der Waals surface area contributed by atoms with Crippen LogP contribution >= 0.6 is 0 Å². The van der Waals surface area contributed by atoms with E-state index in [0.29, 0.717) is 19.4 Å². The fourth-order valence-electron chi connectivity index (χ4n) is 2.29. The molecule has 2 rings (SSSR count). The maximum absolute atomic E-state index is 11.9.